The molecule has 114 valence electrons. The lowest BCUT2D eigenvalue weighted by atomic mass is 9.90. The summed E-state index contributed by atoms with van der Waals surface area (Å²) >= 11 is 0. The molecule has 0 amide bonds. The molecule has 0 saturated carbocycles. The molecule has 1 aliphatic carbocycles. The summed E-state index contributed by atoms with van der Waals surface area (Å²) in [5, 5.41) is 10.0. The minimum Gasteiger partial charge on any atom is -0.502 e. The van der Waals surface area contributed by atoms with E-state index in [2.05, 4.69) is 20.4 Å². The van der Waals surface area contributed by atoms with Gasteiger partial charge in [0.2, 0.25) is 11.5 Å². The molecule has 0 heterocycles. The smallest absolute Gasteiger partial charge is 0.207 e. The fourth-order valence-electron chi connectivity index (χ4n) is 2.30. The number of hydrogen-bond donors (Lipinski definition) is 1. The summed E-state index contributed by atoms with van der Waals surface area (Å²) in [5.74, 6) is -0.930. The summed E-state index contributed by atoms with van der Waals surface area (Å²) in [6, 6.07) is 0. The molecule has 2 atom stereocenters. The maximum Gasteiger partial charge on any atom is 0.207 e. The van der Waals surface area contributed by atoms with Crippen molar-refractivity contribution in [2.24, 2.45) is 5.92 Å². The van der Waals surface area contributed by atoms with Crippen LogP contribution in [-0.4, -0.2) is 29.7 Å². The van der Waals surface area contributed by atoms with Gasteiger partial charge in [0.05, 0.1) is 12.5 Å². The van der Waals surface area contributed by atoms with Crippen molar-refractivity contribution in [2.75, 3.05) is 13.2 Å². The molecule has 4 heteroatoms. The zero-order valence-corrected chi connectivity index (χ0v) is 12.8. The molecule has 1 N–H and O–H groups in total. The molecule has 0 aromatic carbocycles. The summed E-state index contributed by atoms with van der Waals surface area (Å²) in [6.07, 6.45) is 5.31. The molecule has 0 aromatic rings. The molecule has 0 aromatic heterocycles. The second-order valence-corrected chi connectivity index (χ2v) is 5.16. The number of Topliss-reactive ketones (excluding diaryl/α,β-unsaturated/α-hetero) is 1. The Labute approximate surface area is 121 Å². The first-order chi connectivity index (χ1) is 9.55. The van der Waals surface area contributed by atoms with E-state index in [1.807, 2.05) is 0 Å². The second-order valence-electron chi connectivity index (χ2n) is 5.16. The van der Waals surface area contributed by atoms with Gasteiger partial charge in [0.1, 0.15) is 0 Å². The van der Waals surface area contributed by atoms with Crippen molar-refractivity contribution >= 4 is 5.78 Å². The third kappa shape index (κ3) is 3.06. The predicted octanol–water partition coefficient (Wildman–Crippen LogP) is 3.53. The van der Waals surface area contributed by atoms with Gasteiger partial charge in [-0.2, -0.15) is 0 Å². The van der Waals surface area contributed by atoms with Crippen molar-refractivity contribution < 1.29 is 19.4 Å². The van der Waals surface area contributed by atoms with Crippen LogP contribution in [0, 0.1) is 5.92 Å². The van der Waals surface area contributed by atoms with Gasteiger partial charge in [-0.3, -0.25) is 4.79 Å². The summed E-state index contributed by atoms with van der Waals surface area (Å²) in [4.78, 5) is 12.0. The van der Waals surface area contributed by atoms with Gasteiger partial charge in [0.15, 0.2) is 11.4 Å². The summed E-state index contributed by atoms with van der Waals surface area (Å²) in [5.41, 5.74) is -1.02. The molecule has 20 heavy (non-hydrogen) atoms. The minimum atomic E-state index is -1.02. The van der Waals surface area contributed by atoms with E-state index in [0.29, 0.717) is 13.2 Å². The zero-order chi connectivity index (χ0) is 15.2. The Morgan fingerprint density at radius 1 is 1.30 bits per heavy atom. The van der Waals surface area contributed by atoms with Gasteiger partial charge < -0.3 is 14.6 Å². The molecule has 0 unspecified atom stereocenters. The molecule has 0 bridgehead atoms. The molecule has 4 nitrogen and oxygen atoms in total. The van der Waals surface area contributed by atoms with Gasteiger partial charge >= 0.3 is 0 Å². The number of ether oxygens (including phenoxy) is 2. The third-order valence-electron chi connectivity index (χ3n) is 3.73. The van der Waals surface area contributed by atoms with Gasteiger partial charge in [-0.1, -0.05) is 46.3 Å². The monoisotopic (exact) mass is 282 g/mol. The average molecular weight is 282 g/mol. The third-order valence-corrected chi connectivity index (χ3v) is 3.73. The normalized spacial score (nSPS) is 26.1. The van der Waals surface area contributed by atoms with Crippen molar-refractivity contribution in [2.45, 2.75) is 52.1 Å². The highest BCUT2D eigenvalue weighted by atomic mass is 16.6. The topological polar surface area (TPSA) is 55.8 Å². The largest absolute Gasteiger partial charge is 0.502 e. The number of unbranched alkanes of at least 4 members (excludes halogenated alkanes) is 2. The standard InChI is InChI=1S/C16H26O4/c1-5-8-10-19-15-14(18)13(17)12(4)16(15,7-3)20-11-9-6-2/h7,12,18H,3,5-6,8-11H2,1-2,4H3/t12-,16+/m1/s1. The highest BCUT2D eigenvalue weighted by Gasteiger charge is 2.53. The number of carbonyl (C=O) groups excluding carboxylic acids is 1. The van der Waals surface area contributed by atoms with Crippen molar-refractivity contribution in [3.63, 3.8) is 0 Å². The Morgan fingerprint density at radius 3 is 2.45 bits per heavy atom. The fraction of sp³-hybridized carbons (Fsp3) is 0.688. The van der Waals surface area contributed by atoms with E-state index in [1.165, 1.54) is 0 Å². The Hall–Kier alpha value is -1.29. The molecule has 1 aliphatic rings. The van der Waals surface area contributed by atoms with Crippen LogP contribution in [0.2, 0.25) is 0 Å². The molecule has 0 aliphatic heterocycles. The Kier molecular flexibility index (Phi) is 6.27. The van der Waals surface area contributed by atoms with E-state index in [4.69, 9.17) is 9.47 Å². The highest BCUT2D eigenvalue weighted by Crippen LogP contribution is 2.42. The number of aliphatic hydroxyl groups excluding tert-OH is 1. The fourth-order valence-corrected chi connectivity index (χ4v) is 2.30. The predicted molar refractivity (Wildman–Crippen MR) is 78.5 cm³/mol. The number of ketones is 1. The van der Waals surface area contributed by atoms with Crippen molar-refractivity contribution in [1.29, 1.82) is 0 Å². The molecule has 1 rings (SSSR count). The highest BCUT2D eigenvalue weighted by molar-refractivity contribution is 6.00. The van der Waals surface area contributed by atoms with Crippen LogP contribution in [-0.2, 0) is 14.3 Å². The first-order valence-electron chi connectivity index (χ1n) is 7.43. The van der Waals surface area contributed by atoms with Gasteiger partial charge in [0.25, 0.3) is 0 Å². The lowest BCUT2D eigenvalue weighted by Crippen LogP contribution is -2.39. The van der Waals surface area contributed by atoms with Gasteiger partial charge in [-0.15, -0.1) is 0 Å². The van der Waals surface area contributed by atoms with Crippen LogP contribution in [0.5, 0.6) is 0 Å². The second kappa shape index (κ2) is 7.48. The summed E-state index contributed by atoms with van der Waals surface area (Å²) in [7, 11) is 0. The Balaban J connectivity index is 2.96. The van der Waals surface area contributed by atoms with Crippen LogP contribution in [0.25, 0.3) is 0 Å². The van der Waals surface area contributed by atoms with Crippen molar-refractivity contribution in [1.82, 2.24) is 0 Å². The molecule has 0 spiro atoms. The van der Waals surface area contributed by atoms with Gasteiger partial charge in [-0.25, -0.2) is 0 Å². The first kappa shape index (κ1) is 16.8. The van der Waals surface area contributed by atoms with E-state index < -0.39 is 11.5 Å². The van der Waals surface area contributed by atoms with Crippen LogP contribution in [0.15, 0.2) is 24.2 Å². The van der Waals surface area contributed by atoms with E-state index in [9.17, 15) is 9.90 Å². The van der Waals surface area contributed by atoms with Gasteiger partial charge in [-0.05, 0) is 12.8 Å². The van der Waals surface area contributed by atoms with E-state index in [1.54, 1.807) is 13.0 Å². The molecular formula is C16H26O4. The maximum absolute atomic E-state index is 12.0. The number of rotatable bonds is 9. The average Bonchev–Trinajstić information content (AvgIpc) is 2.63. The van der Waals surface area contributed by atoms with Crippen molar-refractivity contribution in [3.05, 3.63) is 24.2 Å². The van der Waals surface area contributed by atoms with E-state index >= 15 is 0 Å². The molecule has 0 fully saturated rings. The number of carbonyl (C=O) groups is 1. The minimum absolute atomic E-state index is 0.231. The van der Waals surface area contributed by atoms with Crippen LogP contribution < -0.4 is 0 Å². The summed E-state index contributed by atoms with van der Waals surface area (Å²) in [6.45, 7) is 10.6. The first-order valence-corrected chi connectivity index (χ1v) is 7.43. The Bertz CT molecular complexity index is 386. The lowest BCUT2D eigenvalue weighted by Gasteiger charge is -2.31. The Morgan fingerprint density at radius 2 is 1.90 bits per heavy atom. The molecule has 0 radical (unpaired) electrons. The van der Waals surface area contributed by atoms with Crippen LogP contribution >= 0.6 is 0 Å². The van der Waals surface area contributed by atoms with Crippen LogP contribution in [0.1, 0.15) is 46.5 Å². The maximum atomic E-state index is 12.0. The quantitative estimate of drug-likeness (QED) is 0.519. The van der Waals surface area contributed by atoms with E-state index in [0.717, 1.165) is 25.7 Å². The van der Waals surface area contributed by atoms with Crippen LogP contribution in [0.4, 0.5) is 0 Å². The SMILES string of the molecule is C=C[C@@]1(OCCCC)C(OCCCC)=C(O)C(=O)[C@H]1C. The molecule has 0 saturated heterocycles. The van der Waals surface area contributed by atoms with Crippen molar-refractivity contribution in [3.8, 4) is 0 Å². The number of hydrogen-bond acceptors (Lipinski definition) is 4. The lowest BCUT2D eigenvalue weighted by molar-refractivity contribution is -0.125. The zero-order valence-electron chi connectivity index (χ0n) is 12.8. The van der Waals surface area contributed by atoms with Crippen LogP contribution in [0.3, 0.4) is 0 Å². The van der Waals surface area contributed by atoms with E-state index in [-0.39, 0.29) is 17.3 Å². The number of allylic oxidation sites excluding steroid dienone is 1. The molecular weight excluding hydrogens is 256 g/mol. The summed E-state index contributed by atoms with van der Waals surface area (Å²) < 4.78 is 11.5. The number of aliphatic hydroxyl groups is 1. The van der Waals surface area contributed by atoms with Gasteiger partial charge in [0, 0.05) is 6.61 Å².